The van der Waals surface area contributed by atoms with Crippen LogP contribution < -0.4 is 4.74 Å². The standard InChI is InChI=1S/C15H11ClF2O2/c16-13-9-12(18)5-6-15(13)20-8-7-14(19)10-1-3-11(17)4-2-10/h1-6,9H,7-8H2. The molecule has 0 fully saturated rings. The molecule has 0 aliphatic carbocycles. The van der Waals surface area contributed by atoms with Gasteiger partial charge in [-0.05, 0) is 42.5 Å². The number of halogens is 3. The van der Waals surface area contributed by atoms with E-state index in [0.717, 1.165) is 6.07 Å². The number of ether oxygens (including phenoxy) is 1. The van der Waals surface area contributed by atoms with Gasteiger partial charge in [-0.25, -0.2) is 8.78 Å². The summed E-state index contributed by atoms with van der Waals surface area (Å²) in [6.45, 7) is 0.113. The Morgan fingerprint density at radius 3 is 2.35 bits per heavy atom. The number of carbonyl (C=O) groups excluding carboxylic acids is 1. The van der Waals surface area contributed by atoms with Gasteiger partial charge in [-0.3, -0.25) is 4.79 Å². The van der Waals surface area contributed by atoms with Gasteiger partial charge < -0.3 is 4.74 Å². The Balaban J connectivity index is 1.89. The summed E-state index contributed by atoms with van der Waals surface area (Å²) in [4.78, 5) is 11.8. The summed E-state index contributed by atoms with van der Waals surface area (Å²) in [6.07, 6.45) is 0.124. The molecule has 0 spiro atoms. The Morgan fingerprint density at radius 2 is 1.70 bits per heavy atom. The number of hydrogen-bond donors (Lipinski definition) is 0. The molecule has 0 aromatic heterocycles. The van der Waals surface area contributed by atoms with Gasteiger partial charge in [0.15, 0.2) is 5.78 Å². The SMILES string of the molecule is O=C(CCOc1ccc(F)cc1Cl)c1ccc(F)cc1. The van der Waals surface area contributed by atoms with Crippen molar-refractivity contribution in [3.05, 3.63) is 64.7 Å². The Morgan fingerprint density at radius 1 is 1.05 bits per heavy atom. The average Bonchev–Trinajstić information content (AvgIpc) is 2.42. The Bertz CT molecular complexity index is 612. The molecule has 2 nitrogen and oxygen atoms in total. The van der Waals surface area contributed by atoms with Crippen LogP contribution in [0, 0.1) is 11.6 Å². The molecule has 0 saturated heterocycles. The van der Waals surface area contributed by atoms with Crippen LogP contribution in [-0.4, -0.2) is 12.4 Å². The lowest BCUT2D eigenvalue weighted by molar-refractivity contribution is 0.0962. The summed E-state index contributed by atoms with van der Waals surface area (Å²) in [7, 11) is 0. The van der Waals surface area contributed by atoms with E-state index in [2.05, 4.69) is 0 Å². The molecule has 0 aliphatic rings. The first-order valence-electron chi connectivity index (χ1n) is 5.93. The summed E-state index contributed by atoms with van der Waals surface area (Å²) < 4.78 is 30.9. The second kappa shape index (κ2) is 6.48. The van der Waals surface area contributed by atoms with E-state index in [0.29, 0.717) is 11.3 Å². The van der Waals surface area contributed by atoms with Gasteiger partial charge in [-0.1, -0.05) is 11.6 Å². The molecule has 0 aliphatic heterocycles. The van der Waals surface area contributed by atoms with Crippen LogP contribution in [-0.2, 0) is 0 Å². The van der Waals surface area contributed by atoms with Crippen LogP contribution in [0.15, 0.2) is 42.5 Å². The van der Waals surface area contributed by atoms with Crippen molar-refractivity contribution in [1.29, 1.82) is 0 Å². The lowest BCUT2D eigenvalue weighted by Gasteiger charge is -2.07. The van der Waals surface area contributed by atoms with Gasteiger partial charge in [0, 0.05) is 12.0 Å². The predicted octanol–water partition coefficient (Wildman–Crippen LogP) is 4.27. The molecule has 2 aromatic rings. The number of carbonyl (C=O) groups is 1. The molecular weight excluding hydrogens is 286 g/mol. The van der Waals surface area contributed by atoms with Crippen LogP contribution in [0.3, 0.4) is 0 Å². The van der Waals surface area contributed by atoms with Crippen molar-refractivity contribution in [2.24, 2.45) is 0 Å². The van der Waals surface area contributed by atoms with Crippen molar-refractivity contribution in [1.82, 2.24) is 0 Å². The molecule has 0 heterocycles. The van der Waals surface area contributed by atoms with Gasteiger partial charge in [-0.15, -0.1) is 0 Å². The van der Waals surface area contributed by atoms with E-state index < -0.39 is 11.6 Å². The second-order valence-corrected chi connectivity index (χ2v) is 4.51. The highest BCUT2D eigenvalue weighted by Crippen LogP contribution is 2.25. The minimum atomic E-state index is -0.454. The monoisotopic (exact) mass is 296 g/mol. The van der Waals surface area contributed by atoms with Crippen molar-refractivity contribution in [3.63, 3.8) is 0 Å². The second-order valence-electron chi connectivity index (χ2n) is 4.10. The minimum absolute atomic E-state index is 0.113. The Kier molecular flexibility index (Phi) is 4.69. The largest absolute Gasteiger partial charge is 0.492 e. The number of hydrogen-bond acceptors (Lipinski definition) is 2. The third-order valence-electron chi connectivity index (χ3n) is 2.65. The highest BCUT2D eigenvalue weighted by molar-refractivity contribution is 6.32. The van der Waals surface area contributed by atoms with Gasteiger partial charge in [0.2, 0.25) is 0 Å². The molecule has 0 radical (unpaired) electrons. The van der Waals surface area contributed by atoms with E-state index in [4.69, 9.17) is 16.3 Å². The predicted molar refractivity (Wildman–Crippen MR) is 72.3 cm³/mol. The van der Waals surface area contributed by atoms with Gasteiger partial charge in [0.25, 0.3) is 0 Å². The number of benzene rings is 2. The van der Waals surface area contributed by atoms with Gasteiger partial charge in [0.1, 0.15) is 17.4 Å². The maximum Gasteiger partial charge on any atom is 0.166 e. The fraction of sp³-hybridized carbons (Fsp3) is 0.133. The van der Waals surface area contributed by atoms with Crippen molar-refractivity contribution in [3.8, 4) is 5.75 Å². The first-order valence-corrected chi connectivity index (χ1v) is 6.30. The van der Waals surface area contributed by atoms with Crippen molar-refractivity contribution in [2.45, 2.75) is 6.42 Å². The lowest BCUT2D eigenvalue weighted by atomic mass is 10.1. The molecule has 0 bridgehead atoms. The summed E-state index contributed by atoms with van der Waals surface area (Å²) in [6, 6.07) is 9.06. The third kappa shape index (κ3) is 3.78. The van der Waals surface area contributed by atoms with E-state index in [1.807, 2.05) is 0 Å². The molecule has 0 unspecified atom stereocenters. The summed E-state index contributed by atoms with van der Waals surface area (Å²) in [5.74, 6) is -0.691. The summed E-state index contributed by atoms with van der Waals surface area (Å²) in [5.41, 5.74) is 0.417. The van der Waals surface area contributed by atoms with Crippen LogP contribution >= 0.6 is 11.6 Å². The molecule has 0 amide bonds. The average molecular weight is 297 g/mol. The fourth-order valence-electron chi connectivity index (χ4n) is 1.63. The van der Waals surface area contributed by atoms with Crippen LogP contribution in [0.2, 0.25) is 5.02 Å². The lowest BCUT2D eigenvalue weighted by Crippen LogP contribution is -2.07. The van der Waals surface area contributed by atoms with Crippen molar-refractivity contribution < 1.29 is 18.3 Å². The first-order chi connectivity index (χ1) is 9.56. The molecule has 20 heavy (non-hydrogen) atoms. The number of Topliss-reactive ketones (excluding diaryl/α,β-unsaturated/α-hetero) is 1. The highest BCUT2D eigenvalue weighted by Gasteiger charge is 2.08. The van der Waals surface area contributed by atoms with Crippen LogP contribution in [0.1, 0.15) is 16.8 Å². The zero-order valence-corrected chi connectivity index (χ0v) is 11.2. The van der Waals surface area contributed by atoms with Gasteiger partial charge >= 0.3 is 0 Å². The van der Waals surface area contributed by atoms with E-state index in [-0.39, 0.29) is 23.8 Å². The maximum atomic E-state index is 12.8. The van der Waals surface area contributed by atoms with E-state index >= 15 is 0 Å². The van der Waals surface area contributed by atoms with E-state index in [1.165, 1.54) is 36.4 Å². The van der Waals surface area contributed by atoms with Gasteiger partial charge in [-0.2, -0.15) is 0 Å². The molecular formula is C15H11ClF2O2. The number of ketones is 1. The molecule has 2 rings (SSSR count). The van der Waals surface area contributed by atoms with Gasteiger partial charge in [0.05, 0.1) is 11.6 Å². The topological polar surface area (TPSA) is 26.3 Å². The molecule has 104 valence electrons. The third-order valence-corrected chi connectivity index (χ3v) is 2.94. The summed E-state index contributed by atoms with van der Waals surface area (Å²) in [5, 5.41) is 0.152. The molecule has 0 saturated carbocycles. The zero-order chi connectivity index (χ0) is 14.5. The quantitative estimate of drug-likeness (QED) is 0.770. The minimum Gasteiger partial charge on any atom is -0.492 e. The molecule has 5 heteroatoms. The Hall–Kier alpha value is -1.94. The van der Waals surface area contributed by atoms with Crippen molar-refractivity contribution >= 4 is 17.4 Å². The van der Waals surface area contributed by atoms with E-state index in [9.17, 15) is 13.6 Å². The first kappa shape index (κ1) is 14.5. The number of rotatable bonds is 5. The smallest absolute Gasteiger partial charge is 0.166 e. The van der Waals surface area contributed by atoms with Crippen LogP contribution in [0.5, 0.6) is 5.75 Å². The zero-order valence-electron chi connectivity index (χ0n) is 10.4. The van der Waals surface area contributed by atoms with E-state index in [1.54, 1.807) is 0 Å². The summed E-state index contributed by atoms with van der Waals surface area (Å²) >= 11 is 5.79. The maximum absolute atomic E-state index is 12.8. The highest BCUT2D eigenvalue weighted by atomic mass is 35.5. The Labute approximate surface area is 119 Å². The molecule has 0 atom stereocenters. The van der Waals surface area contributed by atoms with Crippen LogP contribution in [0.25, 0.3) is 0 Å². The fourth-order valence-corrected chi connectivity index (χ4v) is 1.85. The normalized spacial score (nSPS) is 10.3. The van der Waals surface area contributed by atoms with Crippen molar-refractivity contribution in [2.75, 3.05) is 6.61 Å². The molecule has 2 aromatic carbocycles. The van der Waals surface area contributed by atoms with Crippen LogP contribution in [0.4, 0.5) is 8.78 Å². The molecule has 0 N–H and O–H groups in total.